The van der Waals surface area contributed by atoms with Crippen LogP contribution in [0.25, 0.3) is 0 Å². The summed E-state index contributed by atoms with van der Waals surface area (Å²) < 4.78 is 69.2. The number of rotatable bonds is 4. The number of fused-ring (bicyclic) bond motifs is 1. The Bertz CT molecular complexity index is 1030. The van der Waals surface area contributed by atoms with E-state index >= 15 is 0 Å². The molecule has 3 N–H and O–H groups in total. The monoisotopic (exact) mass is 571 g/mol. The first-order valence-electron chi connectivity index (χ1n) is 10.8. The Morgan fingerprint density at radius 3 is 2.18 bits per heavy atom. The molecule has 2 aliphatic heterocycles. The zero-order valence-corrected chi connectivity index (χ0v) is 20.2. The smallest absolute Gasteiger partial charge is 0.475 e. The Balaban J connectivity index is 0.000000301. The van der Waals surface area contributed by atoms with Gasteiger partial charge in [-0.3, -0.25) is 14.7 Å². The molecule has 0 saturated carbocycles. The van der Waals surface area contributed by atoms with Crippen LogP contribution in [0, 0.1) is 17.8 Å². The number of halogens is 6. The van der Waals surface area contributed by atoms with Crippen LogP contribution < -0.4 is 5.32 Å². The number of amides is 1. The third-order valence-corrected chi connectivity index (χ3v) is 6.18. The predicted molar refractivity (Wildman–Crippen MR) is 121 cm³/mol. The maximum Gasteiger partial charge on any atom is 0.490 e. The minimum atomic E-state index is -5.08. The topological polar surface area (TPSA) is 129 Å². The summed E-state index contributed by atoms with van der Waals surface area (Å²) in [4.78, 5) is 37.0. The Morgan fingerprint density at radius 2 is 1.68 bits per heavy atom. The fraction of sp³-hybridized carbons (Fsp3) is 0.455. The number of carboxylic acid groups (broad SMARTS) is 2. The Kier molecular flexibility index (Phi) is 11.0. The predicted octanol–water partition coefficient (Wildman–Crippen LogP) is 3.74. The van der Waals surface area contributed by atoms with Crippen molar-refractivity contribution in [2.24, 2.45) is 17.8 Å². The molecule has 4 heterocycles. The van der Waals surface area contributed by atoms with Crippen molar-refractivity contribution >= 4 is 34.9 Å². The van der Waals surface area contributed by atoms with Gasteiger partial charge in [0.1, 0.15) is 0 Å². The van der Waals surface area contributed by atoms with Gasteiger partial charge >= 0.3 is 24.3 Å². The second-order valence-electron chi connectivity index (χ2n) is 8.23. The van der Waals surface area contributed by atoms with E-state index in [4.69, 9.17) is 24.5 Å². The van der Waals surface area contributed by atoms with Crippen LogP contribution in [0.5, 0.6) is 0 Å². The zero-order valence-electron chi connectivity index (χ0n) is 19.4. The number of hydrogen-bond donors (Lipinski definition) is 3. The number of carbonyl (C=O) groups is 3. The number of anilines is 1. The van der Waals surface area contributed by atoms with E-state index in [0.29, 0.717) is 18.4 Å². The van der Waals surface area contributed by atoms with Gasteiger partial charge in [0.25, 0.3) is 0 Å². The maximum absolute atomic E-state index is 12.7. The molecule has 2 aromatic rings. The number of nitrogens with zero attached hydrogens (tertiary/aromatic N) is 2. The molecule has 2 saturated heterocycles. The van der Waals surface area contributed by atoms with Crippen LogP contribution in [-0.4, -0.2) is 76.6 Å². The molecule has 0 unspecified atom stereocenters. The van der Waals surface area contributed by atoms with E-state index in [1.54, 1.807) is 23.7 Å². The molecule has 0 radical (unpaired) electrons. The Morgan fingerprint density at radius 1 is 1.05 bits per heavy atom. The number of carbonyl (C=O) groups excluding carboxylic acids is 1. The fourth-order valence-electron chi connectivity index (χ4n) is 3.80. The fourth-order valence-corrected chi connectivity index (χ4v) is 4.46. The van der Waals surface area contributed by atoms with E-state index < -0.39 is 24.3 Å². The lowest BCUT2D eigenvalue weighted by Gasteiger charge is -2.32. The first-order valence-corrected chi connectivity index (χ1v) is 11.7. The summed E-state index contributed by atoms with van der Waals surface area (Å²) in [5.74, 6) is -4.73. The molecule has 4 rings (SSSR count). The second kappa shape index (κ2) is 13.5. The molecule has 9 nitrogen and oxygen atoms in total. The largest absolute Gasteiger partial charge is 0.490 e. The molecule has 1 amide bonds. The third kappa shape index (κ3) is 9.90. The highest BCUT2D eigenvalue weighted by Gasteiger charge is 2.44. The normalized spacial score (nSPS) is 21.2. The van der Waals surface area contributed by atoms with E-state index in [1.165, 1.54) is 5.56 Å². The summed E-state index contributed by atoms with van der Waals surface area (Å²) in [6.45, 7) is 4.22. The van der Waals surface area contributed by atoms with Crippen LogP contribution in [0.3, 0.4) is 0 Å². The van der Waals surface area contributed by atoms with E-state index in [9.17, 15) is 31.1 Å². The number of carboxylic acids is 2. The highest BCUT2D eigenvalue weighted by molar-refractivity contribution is 7.07. The molecular formula is C22H23F6N3O6S. The van der Waals surface area contributed by atoms with Gasteiger partial charge in [-0.15, -0.1) is 0 Å². The number of likely N-dealkylation sites (tertiary alicyclic amines) is 1. The lowest BCUT2D eigenvalue weighted by molar-refractivity contribution is -0.193. The van der Waals surface area contributed by atoms with Crippen LogP contribution in [0.2, 0.25) is 0 Å². The summed E-state index contributed by atoms with van der Waals surface area (Å²) in [6, 6.07) is 5.87. The minimum Gasteiger partial charge on any atom is -0.475 e. The molecule has 0 bridgehead atoms. The highest BCUT2D eigenvalue weighted by Crippen LogP contribution is 2.35. The van der Waals surface area contributed by atoms with Crippen LogP contribution in [0.1, 0.15) is 5.56 Å². The highest BCUT2D eigenvalue weighted by atomic mass is 32.1. The van der Waals surface area contributed by atoms with Crippen molar-refractivity contribution in [1.29, 1.82) is 0 Å². The van der Waals surface area contributed by atoms with Gasteiger partial charge in [0.05, 0.1) is 31.0 Å². The zero-order chi connectivity index (χ0) is 28.5. The summed E-state index contributed by atoms with van der Waals surface area (Å²) in [5, 5.41) is 21.6. The number of aliphatic carboxylic acids is 2. The van der Waals surface area contributed by atoms with Gasteiger partial charge in [-0.05, 0) is 46.4 Å². The summed E-state index contributed by atoms with van der Waals surface area (Å²) >= 11 is 1.73. The summed E-state index contributed by atoms with van der Waals surface area (Å²) in [7, 11) is 0. The van der Waals surface area contributed by atoms with E-state index in [2.05, 4.69) is 32.0 Å². The van der Waals surface area contributed by atoms with Crippen LogP contribution in [0.4, 0.5) is 32.0 Å². The number of hydrogen-bond acceptors (Lipinski definition) is 7. The molecule has 2 fully saturated rings. The SMILES string of the molecule is O=C(Nc1cccnc1)[C@H]1COC[C@H]2CN(Cc3ccsc3)C[C@H]21.O=C(O)C(F)(F)F.O=C(O)C(F)(F)F. The van der Waals surface area contributed by atoms with Gasteiger partial charge in [0.15, 0.2) is 0 Å². The Hall–Kier alpha value is -3.24. The average Bonchev–Trinajstić information content (AvgIpc) is 3.48. The van der Waals surface area contributed by atoms with E-state index in [1.807, 2.05) is 12.1 Å². The lowest BCUT2D eigenvalue weighted by Crippen LogP contribution is -2.41. The standard InChI is InChI=1S/C18H21N3O2S.2C2HF3O2/c22-18(20-15-2-1-4-19-6-15)17-11-23-10-14-8-21(9-16(14)17)7-13-3-5-24-12-13;2*3-2(4,5)1(6)7/h1-6,12,14,16-17H,7-11H2,(H,20,22);2*(H,6,7)/t14-,16-,17+;;/m1../s1. The van der Waals surface area contributed by atoms with Crippen molar-refractivity contribution in [2.45, 2.75) is 18.9 Å². The lowest BCUT2D eigenvalue weighted by atomic mass is 9.82. The van der Waals surface area contributed by atoms with Crippen molar-refractivity contribution in [3.05, 3.63) is 46.9 Å². The van der Waals surface area contributed by atoms with Gasteiger partial charge in [-0.1, -0.05) is 0 Å². The number of thiophene rings is 1. The number of nitrogens with one attached hydrogen (secondary N) is 1. The summed E-state index contributed by atoms with van der Waals surface area (Å²) in [5.41, 5.74) is 2.11. The van der Waals surface area contributed by atoms with E-state index in [0.717, 1.165) is 31.9 Å². The van der Waals surface area contributed by atoms with E-state index in [-0.39, 0.29) is 11.8 Å². The van der Waals surface area contributed by atoms with Crippen LogP contribution >= 0.6 is 11.3 Å². The average molecular weight is 571 g/mol. The number of aromatic nitrogens is 1. The van der Waals surface area contributed by atoms with Gasteiger partial charge in [-0.25, -0.2) is 9.59 Å². The van der Waals surface area contributed by atoms with Crippen molar-refractivity contribution in [3.8, 4) is 0 Å². The van der Waals surface area contributed by atoms with Crippen molar-refractivity contribution < 1.29 is 55.7 Å². The quantitative estimate of drug-likeness (QED) is 0.474. The second-order valence-corrected chi connectivity index (χ2v) is 9.01. The molecule has 3 atom stereocenters. The Labute approximate surface area is 216 Å². The molecule has 2 aliphatic rings. The molecule has 16 heteroatoms. The van der Waals surface area contributed by atoms with Crippen molar-refractivity contribution in [2.75, 3.05) is 31.6 Å². The van der Waals surface area contributed by atoms with Crippen LogP contribution in [-0.2, 0) is 25.7 Å². The maximum atomic E-state index is 12.7. The van der Waals surface area contributed by atoms with Gasteiger partial charge < -0.3 is 20.3 Å². The number of alkyl halides is 6. The summed E-state index contributed by atoms with van der Waals surface area (Å²) in [6.07, 6.45) is -6.79. The molecule has 38 heavy (non-hydrogen) atoms. The van der Waals surface area contributed by atoms with Gasteiger partial charge in [0.2, 0.25) is 5.91 Å². The molecule has 0 spiro atoms. The first kappa shape index (κ1) is 31.0. The molecule has 210 valence electrons. The van der Waals surface area contributed by atoms with Crippen molar-refractivity contribution in [3.63, 3.8) is 0 Å². The van der Waals surface area contributed by atoms with Gasteiger partial charge in [-0.2, -0.15) is 37.7 Å². The molecular weight excluding hydrogens is 548 g/mol. The molecule has 2 aromatic heterocycles. The third-order valence-electron chi connectivity index (χ3n) is 5.45. The van der Waals surface area contributed by atoms with Gasteiger partial charge in [0, 0.05) is 25.8 Å². The van der Waals surface area contributed by atoms with Crippen LogP contribution in [0.15, 0.2) is 41.4 Å². The minimum absolute atomic E-state index is 0.0510. The van der Waals surface area contributed by atoms with Crippen molar-refractivity contribution in [1.82, 2.24) is 9.88 Å². The first-order chi connectivity index (χ1) is 17.7. The number of pyridine rings is 1. The number of ether oxygens (including phenoxy) is 1. The molecule has 0 aromatic carbocycles. The molecule has 0 aliphatic carbocycles.